The highest BCUT2D eigenvalue weighted by atomic mass is 35.5. The number of halogens is 1. The summed E-state index contributed by atoms with van der Waals surface area (Å²) in [6.07, 6.45) is 1.00. The molecule has 0 radical (unpaired) electrons. The van der Waals surface area contributed by atoms with Gasteiger partial charge in [0, 0.05) is 34.7 Å². The third kappa shape index (κ3) is 4.20. The fraction of sp³-hybridized carbons (Fsp3) is 0.409. The molecule has 1 aromatic carbocycles. The Kier molecular flexibility index (Phi) is 5.24. The lowest BCUT2D eigenvalue weighted by molar-refractivity contribution is 0.0910. The second kappa shape index (κ2) is 7.21. The lowest BCUT2D eigenvalue weighted by Crippen LogP contribution is -2.39. The van der Waals surface area contributed by atoms with Gasteiger partial charge >= 0.3 is 0 Å². The standard InChI is InChI=1S/C22H25ClN2O3/c1-21(2)10-17-15(18(26)11-21)9-16(20(28)25-17)19(27)24-12-22(3,4)13-6-5-7-14(23)8-13/h5-9H,10-12H2,1-4H3,(H,24,27)(H,25,28). The molecule has 0 spiro atoms. The summed E-state index contributed by atoms with van der Waals surface area (Å²) in [7, 11) is 0. The number of rotatable bonds is 4. The maximum atomic E-state index is 12.7. The smallest absolute Gasteiger partial charge is 0.261 e. The average Bonchev–Trinajstić information content (AvgIpc) is 2.58. The van der Waals surface area contributed by atoms with Crippen molar-refractivity contribution in [1.29, 1.82) is 0 Å². The van der Waals surface area contributed by atoms with Gasteiger partial charge in [-0.05, 0) is 35.6 Å². The predicted molar refractivity (Wildman–Crippen MR) is 110 cm³/mol. The van der Waals surface area contributed by atoms with Gasteiger partial charge in [-0.3, -0.25) is 14.4 Å². The number of hydrogen-bond acceptors (Lipinski definition) is 3. The van der Waals surface area contributed by atoms with Crippen LogP contribution in [0.25, 0.3) is 0 Å². The summed E-state index contributed by atoms with van der Waals surface area (Å²) in [5, 5.41) is 3.45. The van der Waals surface area contributed by atoms with Crippen LogP contribution in [0.2, 0.25) is 5.02 Å². The van der Waals surface area contributed by atoms with E-state index in [9.17, 15) is 14.4 Å². The summed E-state index contributed by atoms with van der Waals surface area (Å²) >= 11 is 6.07. The summed E-state index contributed by atoms with van der Waals surface area (Å²) in [6, 6.07) is 8.91. The number of carbonyl (C=O) groups excluding carboxylic acids is 2. The van der Waals surface area contributed by atoms with E-state index in [1.807, 2.05) is 45.9 Å². The van der Waals surface area contributed by atoms with Gasteiger partial charge in [0.1, 0.15) is 5.56 Å². The number of H-pyrrole nitrogens is 1. The molecule has 3 rings (SSSR count). The molecular formula is C22H25ClN2O3. The van der Waals surface area contributed by atoms with Crippen LogP contribution >= 0.6 is 11.6 Å². The number of benzene rings is 1. The van der Waals surface area contributed by atoms with Crippen molar-refractivity contribution in [2.45, 2.75) is 46.0 Å². The van der Waals surface area contributed by atoms with Crippen LogP contribution in [0.1, 0.15) is 66.1 Å². The van der Waals surface area contributed by atoms with Crippen LogP contribution < -0.4 is 10.9 Å². The number of aromatic nitrogens is 1. The number of carbonyl (C=O) groups is 2. The Balaban J connectivity index is 1.81. The highest BCUT2D eigenvalue weighted by Gasteiger charge is 2.33. The fourth-order valence-electron chi connectivity index (χ4n) is 3.60. The summed E-state index contributed by atoms with van der Waals surface area (Å²) in [4.78, 5) is 40.3. The monoisotopic (exact) mass is 400 g/mol. The van der Waals surface area contributed by atoms with Crippen molar-refractivity contribution in [2.75, 3.05) is 6.54 Å². The van der Waals surface area contributed by atoms with Gasteiger partial charge in [-0.15, -0.1) is 0 Å². The zero-order valence-electron chi connectivity index (χ0n) is 16.6. The van der Waals surface area contributed by atoms with Crippen LogP contribution in [-0.4, -0.2) is 23.2 Å². The molecule has 1 heterocycles. The predicted octanol–water partition coefficient (Wildman–Crippen LogP) is 3.89. The molecule has 0 unspecified atom stereocenters. The highest BCUT2D eigenvalue weighted by molar-refractivity contribution is 6.30. The van der Waals surface area contributed by atoms with E-state index in [4.69, 9.17) is 11.6 Å². The molecule has 0 saturated heterocycles. The van der Waals surface area contributed by atoms with Gasteiger partial charge in [0.2, 0.25) is 0 Å². The Hall–Kier alpha value is -2.40. The van der Waals surface area contributed by atoms with Crippen molar-refractivity contribution in [3.63, 3.8) is 0 Å². The molecular weight excluding hydrogens is 376 g/mol. The Bertz CT molecular complexity index is 1010. The molecule has 1 aliphatic rings. The van der Waals surface area contributed by atoms with Crippen molar-refractivity contribution in [3.8, 4) is 0 Å². The molecule has 2 N–H and O–H groups in total. The normalized spacial score (nSPS) is 15.8. The van der Waals surface area contributed by atoms with Crippen molar-refractivity contribution >= 4 is 23.3 Å². The molecule has 2 aromatic rings. The van der Waals surface area contributed by atoms with Crippen LogP contribution in [-0.2, 0) is 11.8 Å². The number of nitrogens with one attached hydrogen (secondary N) is 2. The average molecular weight is 401 g/mol. The quantitative estimate of drug-likeness (QED) is 0.817. The first-order valence-corrected chi connectivity index (χ1v) is 9.70. The Labute approximate surface area is 169 Å². The summed E-state index contributed by atoms with van der Waals surface area (Å²) in [5.74, 6) is -0.535. The minimum atomic E-state index is -0.489. The van der Waals surface area contributed by atoms with E-state index < -0.39 is 11.5 Å². The number of Topliss-reactive ketones (excluding diaryl/α,β-unsaturated/α-hetero) is 1. The summed E-state index contributed by atoms with van der Waals surface area (Å²) in [6.45, 7) is 8.28. The number of fused-ring (bicyclic) bond motifs is 1. The maximum absolute atomic E-state index is 12.7. The third-order valence-corrected chi connectivity index (χ3v) is 5.49. The molecule has 148 valence electrons. The summed E-state index contributed by atoms with van der Waals surface area (Å²) in [5.41, 5.74) is 0.965. The molecule has 6 heteroatoms. The molecule has 0 atom stereocenters. The number of aromatic amines is 1. The minimum absolute atomic E-state index is 0.0336. The van der Waals surface area contributed by atoms with E-state index in [0.717, 1.165) is 5.56 Å². The molecule has 0 aliphatic heterocycles. The second-order valence-corrected chi connectivity index (χ2v) is 9.36. The van der Waals surface area contributed by atoms with Crippen molar-refractivity contribution in [3.05, 3.63) is 68.1 Å². The molecule has 1 aliphatic carbocycles. The molecule has 0 bridgehead atoms. The number of ketones is 1. The van der Waals surface area contributed by atoms with E-state index in [2.05, 4.69) is 10.3 Å². The number of hydrogen-bond donors (Lipinski definition) is 2. The van der Waals surface area contributed by atoms with Crippen molar-refractivity contribution < 1.29 is 9.59 Å². The molecule has 1 aromatic heterocycles. The van der Waals surface area contributed by atoms with E-state index >= 15 is 0 Å². The van der Waals surface area contributed by atoms with Crippen LogP contribution in [0.5, 0.6) is 0 Å². The van der Waals surface area contributed by atoms with Gasteiger partial charge in [0.05, 0.1) is 0 Å². The molecule has 5 nitrogen and oxygen atoms in total. The lowest BCUT2D eigenvalue weighted by atomic mass is 9.75. The molecule has 0 fully saturated rings. The highest BCUT2D eigenvalue weighted by Crippen LogP contribution is 2.33. The molecule has 28 heavy (non-hydrogen) atoms. The largest absolute Gasteiger partial charge is 0.351 e. The van der Waals surface area contributed by atoms with Crippen LogP contribution in [0.3, 0.4) is 0 Å². The Morgan fingerprint density at radius 3 is 2.61 bits per heavy atom. The minimum Gasteiger partial charge on any atom is -0.351 e. The number of amides is 1. The first-order valence-electron chi connectivity index (χ1n) is 9.32. The van der Waals surface area contributed by atoms with Gasteiger partial charge in [-0.25, -0.2) is 0 Å². The Morgan fingerprint density at radius 1 is 1.21 bits per heavy atom. The fourth-order valence-corrected chi connectivity index (χ4v) is 3.79. The molecule has 1 amide bonds. The van der Waals surface area contributed by atoms with Gasteiger partial charge < -0.3 is 10.3 Å². The zero-order valence-corrected chi connectivity index (χ0v) is 17.4. The summed E-state index contributed by atoms with van der Waals surface area (Å²) < 4.78 is 0. The lowest BCUT2D eigenvalue weighted by Gasteiger charge is -2.30. The topological polar surface area (TPSA) is 79.0 Å². The van der Waals surface area contributed by atoms with Crippen LogP contribution in [0, 0.1) is 5.41 Å². The first-order chi connectivity index (χ1) is 13.0. The second-order valence-electron chi connectivity index (χ2n) is 8.92. The Morgan fingerprint density at radius 2 is 1.93 bits per heavy atom. The molecule has 0 saturated carbocycles. The van der Waals surface area contributed by atoms with Crippen molar-refractivity contribution in [2.24, 2.45) is 5.41 Å². The SMILES string of the molecule is CC1(C)CC(=O)c2cc(C(=O)NCC(C)(C)c3cccc(Cl)c3)c(=O)[nH]c2C1. The van der Waals surface area contributed by atoms with Crippen LogP contribution in [0.4, 0.5) is 0 Å². The third-order valence-electron chi connectivity index (χ3n) is 5.26. The van der Waals surface area contributed by atoms with Gasteiger partial charge in [-0.2, -0.15) is 0 Å². The van der Waals surface area contributed by atoms with Gasteiger partial charge in [0.15, 0.2) is 5.78 Å². The van der Waals surface area contributed by atoms with Gasteiger partial charge in [0.25, 0.3) is 11.5 Å². The number of pyridine rings is 1. The van der Waals surface area contributed by atoms with E-state index in [-0.39, 0.29) is 22.2 Å². The van der Waals surface area contributed by atoms with E-state index in [0.29, 0.717) is 35.7 Å². The van der Waals surface area contributed by atoms with Crippen LogP contribution in [0.15, 0.2) is 35.1 Å². The van der Waals surface area contributed by atoms with E-state index in [1.165, 1.54) is 6.07 Å². The van der Waals surface area contributed by atoms with E-state index in [1.54, 1.807) is 6.07 Å². The first kappa shape index (κ1) is 20.3. The van der Waals surface area contributed by atoms with Crippen molar-refractivity contribution in [1.82, 2.24) is 10.3 Å². The zero-order chi connectivity index (χ0) is 20.7. The van der Waals surface area contributed by atoms with Gasteiger partial charge in [-0.1, -0.05) is 51.4 Å². The maximum Gasteiger partial charge on any atom is 0.261 e.